The van der Waals surface area contributed by atoms with E-state index in [1.807, 2.05) is 0 Å². The molecule has 2 heterocycles. The van der Waals surface area contributed by atoms with Crippen LogP contribution in [0.2, 0.25) is 0 Å². The average Bonchev–Trinajstić information content (AvgIpc) is 3.07. The molecule has 3 unspecified atom stereocenters. The standard InChI is InChI=1S/C21H35N3/c1-15(2)23-19-7-5-17(6-8-19)10-20-11-18(13-22-20)12-21-9-16(3)14-24(21)4/h5,9,11,15,19-23H,6-8,10,12-14H2,1-4H3. The Bertz CT molecular complexity index is 529. The van der Waals surface area contributed by atoms with Crippen LogP contribution < -0.4 is 10.6 Å². The molecule has 0 fully saturated rings. The topological polar surface area (TPSA) is 27.3 Å². The Kier molecular flexibility index (Phi) is 5.96. The molecule has 0 saturated heterocycles. The van der Waals surface area contributed by atoms with E-state index in [0.29, 0.717) is 24.2 Å². The van der Waals surface area contributed by atoms with E-state index in [1.165, 1.54) is 37.7 Å². The first kappa shape index (κ1) is 17.9. The van der Waals surface area contributed by atoms with E-state index < -0.39 is 0 Å². The molecule has 0 radical (unpaired) electrons. The fraction of sp³-hybridized carbons (Fsp3) is 0.714. The van der Waals surface area contributed by atoms with Crippen LogP contribution in [0.3, 0.4) is 0 Å². The molecule has 3 rings (SSSR count). The van der Waals surface area contributed by atoms with Crippen molar-refractivity contribution in [3.8, 4) is 0 Å². The van der Waals surface area contributed by atoms with Crippen molar-refractivity contribution in [2.75, 3.05) is 20.1 Å². The second-order valence-electron chi connectivity index (χ2n) is 8.37. The van der Waals surface area contributed by atoms with Gasteiger partial charge in [-0.25, -0.2) is 0 Å². The highest BCUT2D eigenvalue weighted by molar-refractivity contribution is 5.24. The van der Waals surface area contributed by atoms with Crippen molar-refractivity contribution in [3.05, 3.63) is 34.9 Å². The van der Waals surface area contributed by atoms with Crippen LogP contribution in [-0.2, 0) is 0 Å². The molecule has 0 amide bonds. The van der Waals surface area contributed by atoms with Crippen LogP contribution >= 0.6 is 0 Å². The van der Waals surface area contributed by atoms with Crippen LogP contribution in [-0.4, -0.2) is 49.2 Å². The van der Waals surface area contributed by atoms with E-state index in [4.69, 9.17) is 0 Å². The van der Waals surface area contributed by atoms with Crippen LogP contribution in [0.1, 0.15) is 52.9 Å². The summed E-state index contributed by atoms with van der Waals surface area (Å²) in [4.78, 5) is 2.47. The van der Waals surface area contributed by atoms with E-state index >= 15 is 0 Å². The molecule has 24 heavy (non-hydrogen) atoms. The minimum Gasteiger partial charge on any atom is -0.311 e. The fourth-order valence-electron chi connectivity index (χ4n) is 4.42. The number of nitrogens with zero attached hydrogens (tertiary/aromatic N) is 1. The van der Waals surface area contributed by atoms with Gasteiger partial charge in [-0.15, -0.1) is 0 Å². The lowest BCUT2D eigenvalue weighted by Gasteiger charge is -2.26. The van der Waals surface area contributed by atoms with Gasteiger partial charge in [-0.1, -0.05) is 48.8 Å². The highest BCUT2D eigenvalue weighted by atomic mass is 15.1. The van der Waals surface area contributed by atoms with Crippen molar-refractivity contribution in [1.29, 1.82) is 0 Å². The van der Waals surface area contributed by atoms with Crippen LogP contribution in [0.5, 0.6) is 0 Å². The van der Waals surface area contributed by atoms with E-state index in [9.17, 15) is 0 Å². The Morgan fingerprint density at radius 2 is 2.08 bits per heavy atom. The normalized spacial score (nSPS) is 31.4. The van der Waals surface area contributed by atoms with Gasteiger partial charge in [-0.3, -0.25) is 4.90 Å². The molecule has 0 spiro atoms. The van der Waals surface area contributed by atoms with Gasteiger partial charge in [0.25, 0.3) is 0 Å². The zero-order valence-electron chi connectivity index (χ0n) is 15.9. The van der Waals surface area contributed by atoms with Crippen LogP contribution in [0.15, 0.2) is 34.9 Å². The predicted molar refractivity (Wildman–Crippen MR) is 103 cm³/mol. The molecule has 2 N–H and O–H groups in total. The van der Waals surface area contributed by atoms with Gasteiger partial charge in [0, 0.05) is 37.3 Å². The summed E-state index contributed by atoms with van der Waals surface area (Å²) >= 11 is 0. The summed E-state index contributed by atoms with van der Waals surface area (Å²) in [6.45, 7) is 8.94. The van der Waals surface area contributed by atoms with E-state index in [-0.39, 0.29) is 0 Å². The molecular formula is C21H35N3. The second kappa shape index (κ2) is 7.99. The lowest BCUT2D eigenvalue weighted by atomic mass is 9.91. The number of hydrogen-bond acceptors (Lipinski definition) is 3. The van der Waals surface area contributed by atoms with Crippen molar-refractivity contribution in [3.63, 3.8) is 0 Å². The molecule has 0 aromatic rings. The molecule has 2 aliphatic heterocycles. The molecule has 3 aliphatic rings. The van der Waals surface area contributed by atoms with Crippen LogP contribution in [0, 0.1) is 0 Å². The van der Waals surface area contributed by atoms with Gasteiger partial charge in [0.2, 0.25) is 0 Å². The zero-order chi connectivity index (χ0) is 17.1. The van der Waals surface area contributed by atoms with Crippen LogP contribution in [0.4, 0.5) is 0 Å². The summed E-state index contributed by atoms with van der Waals surface area (Å²) in [7, 11) is 2.24. The van der Waals surface area contributed by atoms with Gasteiger partial charge in [0.15, 0.2) is 0 Å². The fourth-order valence-corrected chi connectivity index (χ4v) is 4.42. The lowest BCUT2D eigenvalue weighted by Crippen LogP contribution is -2.36. The largest absolute Gasteiger partial charge is 0.311 e. The van der Waals surface area contributed by atoms with Gasteiger partial charge in [0.05, 0.1) is 0 Å². The third-order valence-electron chi connectivity index (χ3n) is 5.60. The number of rotatable bonds is 6. The first-order chi connectivity index (χ1) is 11.5. The Morgan fingerprint density at radius 1 is 1.25 bits per heavy atom. The maximum absolute atomic E-state index is 3.71. The maximum atomic E-state index is 3.71. The Labute approximate surface area is 148 Å². The summed E-state index contributed by atoms with van der Waals surface area (Å²) in [6.07, 6.45) is 13.6. The SMILES string of the molecule is CC1=CC(CC2=CC(CC3=CCC(NC(C)C)CC3)NC2)N(C)C1. The van der Waals surface area contributed by atoms with Gasteiger partial charge in [-0.2, -0.15) is 0 Å². The minimum atomic E-state index is 0.553. The minimum absolute atomic E-state index is 0.553. The molecule has 0 saturated carbocycles. The van der Waals surface area contributed by atoms with Crippen molar-refractivity contribution in [2.45, 2.75) is 77.0 Å². The highest BCUT2D eigenvalue weighted by Gasteiger charge is 2.24. The zero-order valence-corrected chi connectivity index (χ0v) is 15.9. The summed E-state index contributed by atoms with van der Waals surface area (Å²) in [5.74, 6) is 0. The Morgan fingerprint density at radius 3 is 2.71 bits per heavy atom. The van der Waals surface area contributed by atoms with Crippen molar-refractivity contribution in [2.24, 2.45) is 0 Å². The van der Waals surface area contributed by atoms with Gasteiger partial charge >= 0.3 is 0 Å². The Balaban J connectivity index is 1.47. The summed E-state index contributed by atoms with van der Waals surface area (Å²) < 4.78 is 0. The van der Waals surface area contributed by atoms with E-state index in [1.54, 1.807) is 11.1 Å². The Hall–Kier alpha value is -0.900. The molecule has 3 heteroatoms. The molecule has 0 bridgehead atoms. The summed E-state index contributed by atoms with van der Waals surface area (Å²) in [5.41, 5.74) is 4.77. The third-order valence-corrected chi connectivity index (χ3v) is 5.60. The van der Waals surface area contributed by atoms with Gasteiger partial charge in [-0.05, 0) is 46.1 Å². The molecule has 3 atom stereocenters. The highest BCUT2D eigenvalue weighted by Crippen LogP contribution is 2.26. The third kappa shape index (κ3) is 4.81. The quantitative estimate of drug-likeness (QED) is 0.731. The first-order valence-corrected chi connectivity index (χ1v) is 9.74. The van der Waals surface area contributed by atoms with Crippen molar-refractivity contribution < 1.29 is 0 Å². The van der Waals surface area contributed by atoms with Gasteiger partial charge < -0.3 is 10.6 Å². The van der Waals surface area contributed by atoms with Crippen molar-refractivity contribution >= 4 is 0 Å². The molecule has 1 aliphatic carbocycles. The van der Waals surface area contributed by atoms with Gasteiger partial charge in [0.1, 0.15) is 0 Å². The predicted octanol–water partition coefficient (Wildman–Crippen LogP) is 3.40. The van der Waals surface area contributed by atoms with E-state index in [0.717, 1.165) is 13.1 Å². The molecule has 0 aromatic carbocycles. The average molecular weight is 330 g/mol. The summed E-state index contributed by atoms with van der Waals surface area (Å²) in [6, 6.07) is 2.44. The first-order valence-electron chi connectivity index (χ1n) is 9.74. The van der Waals surface area contributed by atoms with Crippen molar-refractivity contribution in [1.82, 2.24) is 15.5 Å². The van der Waals surface area contributed by atoms with E-state index in [2.05, 4.69) is 61.6 Å². The summed E-state index contributed by atoms with van der Waals surface area (Å²) in [5, 5.41) is 7.38. The molecule has 134 valence electrons. The van der Waals surface area contributed by atoms with Crippen LogP contribution in [0.25, 0.3) is 0 Å². The molecular weight excluding hydrogens is 294 g/mol. The lowest BCUT2D eigenvalue weighted by molar-refractivity contribution is 0.328. The maximum Gasteiger partial charge on any atom is 0.0319 e. The second-order valence-corrected chi connectivity index (χ2v) is 8.37. The molecule has 3 nitrogen and oxygen atoms in total. The number of likely N-dealkylation sites (N-methyl/N-ethyl adjacent to an activating group) is 1. The monoisotopic (exact) mass is 329 g/mol. The smallest absolute Gasteiger partial charge is 0.0319 e. The molecule has 0 aromatic heterocycles. The number of hydrogen-bond donors (Lipinski definition) is 2. The number of nitrogens with one attached hydrogen (secondary N) is 2.